The third-order valence-corrected chi connectivity index (χ3v) is 8.42. The van der Waals surface area contributed by atoms with Crippen LogP contribution in [0.1, 0.15) is 32.7 Å². The molecule has 0 unspecified atom stereocenters. The highest BCUT2D eigenvalue weighted by molar-refractivity contribution is 7.89. The first-order chi connectivity index (χ1) is 14.7. The van der Waals surface area contributed by atoms with E-state index in [1.54, 1.807) is 22.8 Å². The van der Waals surface area contributed by atoms with Crippen LogP contribution in [0, 0.1) is 0 Å². The lowest BCUT2D eigenvalue weighted by molar-refractivity contribution is -0.119. The first kappa shape index (κ1) is 22.0. The Bertz CT molecular complexity index is 1300. The van der Waals surface area contributed by atoms with Gasteiger partial charge in [0, 0.05) is 23.3 Å². The fourth-order valence-corrected chi connectivity index (χ4v) is 6.70. The molecular formula is C21H22ClN3O4S2. The van der Waals surface area contributed by atoms with Crippen LogP contribution in [-0.4, -0.2) is 35.8 Å². The zero-order chi connectivity index (χ0) is 22.3. The topological polar surface area (TPSA) is 88.5 Å². The minimum atomic E-state index is -3.82. The Hall–Kier alpha value is -2.20. The molecule has 1 fully saturated rings. The van der Waals surface area contributed by atoms with E-state index in [1.165, 1.54) is 28.6 Å². The molecule has 1 aliphatic rings. The van der Waals surface area contributed by atoms with Crippen LogP contribution in [-0.2, 0) is 14.8 Å². The van der Waals surface area contributed by atoms with Gasteiger partial charge in [-0.2, -0.15) is 4.31 Å². The van der Waals surface area contributed by atoms with Crippen molar-refractivity contribution < 1.29 is 13.2 Å². The molecule has 1 atom stereocenters. The highest BCUT2D eigenvalue weighted by Gasteiger charge is 2.39. The molecule has 4 rings (SSSR count). The molecule has 1 aromatic heterocycles. The number of anilines is 1. The third kappa shape index (κ3) is 4.15. The van der Waals surface area contributed by atoms with E-state index in [-0.39, 0.29) is 28.3 Å². The van der Waals surface area contributed by atoms with Crippen molar-refractivity contribution >= 4 is 54.8 Å². The minimum Gasteiger partial charge on any atom is -0.325 e. The quantitative estimate of drug-likeness (QED) is 0.597. The van der Waals surface area contributed by atoms with Crippen LogP contribution in [0.25, 0.3) is 10.2 Å². The number of benzene rings is 2. The molecule has 1 amide bonds. The van der Waals surface area contributed by atoms with Crippen LogP contribution in [0.3, 0.4) is 0 Å². The van der Waals surface area contributed by atoms with Crippen LogP contribution >= 0.6 is 22.9 Å². The molecule has 10 heteroatoms. The molecule has 0 aliphatic carbocycles. The largest absolute Gasteiger partial charge is 0.325 e. The van der Waals surface area contributed by atoms with E-state index in [0.717, 1.165) is 21.6 Å². The van der Waals surface area contributed by atoms with E-state index in [0.29, 0.717) is 23.6 Å². The molecule has 1 aliphatic heterocycles. The summed E-state index contributed by atoms with van der Waals surface area (Å²) in [5.41, 5.74) is 1.35. The molecule has 7 nitrogen and oxygen atoms in total. The van der Waals surface area contributed by atoms with E-state index in [4.69, 9.17) is 11.6 Å². The molecule has 0 radical (unpaired) electrons. The van der Waals surface area contributed by atoms with Crippen LogP contribution in [0.5, 0.6) is 0 Å². The Balaban J connectivity index is 1.58. The van der Waals surface area contributed by atoms with E-state index in [1.807, 2.05) is 13.8 Å². The Kier molecular flexibility index (Phi) is 5.95. The van der Waals surface area contributed by atoms with Gasteiger partial charge in [-0.25, -0.2) is 8.42 Å². The number of aromatic nitrogens is 1. The summed E-state index contributed by atoms with van der Waals surface area (Å²) in [5, 5.41) is 3.27. The Morgan fingerprint density at radius 1 is 1.19 bits per heavy atom. The smallest absolute Gasteiger partial charge is 0.308 e. The first-order valence-corrected chi connectivity index (χ1v) is 12.6. The number of sulfonamides is 1. The van der Waals surface area contributed by atoms with Gasteiger partial charge in [0.25, 0.3) is 0 Å². The molecule has 3 aromatic rings. The van der Waals surface area contributed by atoms with Gasteiger partial charge in [0.2, 0.25) is 15.9 Å². The monoisotopic (exact) mass is 479 g/mol. The molecule has 1 N–H and O–H groups in total. The van der Waals surface area contributed by atoms with Gasteiger partial charge in [0.05, 0.1) is 15.1 Å². The SMILES string of the molecule is CC(C)n1c(=O)sc2cc(NC(=O)[C@H]3CCCN3S(=O)(=O)c3ccc(Cl)cc3)ccc21. The summed E-state index contributed by atoms with van der Waals surface area (Å²) in [5.74, 6) is -0.384. The van der Waals surface area contributed by atoms with E-state index < -0.39 is 16.1 Å². The number of hydrogen-bond donors (Lipinski definition) is 1. The zero-order valence-corrected chi connectivity index (χ0v) is 19.4. The summed E-state index contributed by atoms with van der Waals surface area (Å²) in [6.45, 7) is 4.17. The van der Waals surface area contributed by atoms with Gasteiger partial charge in [0.1, 0.15) is 6.04 Å². The maximum Gasteiger partial charge on any atom is 0.308 e. The number of nitrogens with zero attached hydrogens (tertiary/aromatic N) is 2. The molecule has 31 heavy (non-hydrogen) atoms. The van der Waals surface area contributed by atoms with Crippen molar-refractivity contribution in [2.75, 3.05) is 11.9 Å². The lowest BCUT2D eigenvalue weighted by Gasteiger charge is -2.23. The molecule has 0 saturated carbocycles. The van der Waals surface area contributed by atoms with Crippen molar-refractivity contribution in [3.63, 3.8) is 0 Å². The molecule has 0 bridgehead atoms. The second-order valence-electron chi connectivity index (χ2n) is 7.73. The number of carbonyl (C=O) groups is 1. The van der Waals surface area contributed by atoms with Gasteiger partial charge in [-0.15, -0.1) is 0 Å². The van der Waals surface area contributed by atoms with E-state index in [2.05, 4.69) is 5.32 Å². The summed E-state index contributed by atoms with van der Waals surface area (Å²) in [6, 6.07) is 10.5. The number of nitrogens with one attached hydrogen (secondary N) is 1. The molecule has 2 aromatic carbocycles. The lowest BCUT2D eigenvalue weighted by Crippen LogP contribution is -2.43. The van der Waals surface area contributed by atoms with Crippen molar-refractivity contribution in [3.05, 3.63) is 57.2 Å². The van der Waals surface area contributed by atoms with Gasteiger partial charge in [-0.1, -0.05) is 22.9 Å². The van der Waals surface area contributed by atoms with Gasteiger partial charge in [-0.05, 0) is 69.2 Å². The van der Waals surface area contributed by atoms with Gasteiger partial charge >= 0.3 is 4.87 Å². The van der Waals surface area contributed by atoms with Crippen LogP contribution < -0.4 is 10.2 Å². The number of fused-ring (bicyclic) bond motifs is 1. The normalized spacial score (nSPS) is 17.5. The summed E-state index contributed by atoms with van der Waals surface area (Å²) in [4.78, 5) is 25.3. The van der Waals surface area contributed by atoms with Gasteiger partial charge < -0.3 is 5.32 Å². The summed E-state index contributed by atoms with van der Waals surface area (Å²) < 4.78 is 29.8. The Labute approximate surface area is 189 Å². The van der Waals surface area contributed by atoms with Crippen LogP contribution in [0.15, 0.2) is 52.2 Å². The van der Waals surface area contributed by atoms with Crippen LogP contribution in [0.2, 0.25) is 5.02 Å². The standard InChI is InChI=1S/C21H22ClN3O4S2/c1-13(2)25-17-10-7-15(12-19(17)30-21(25)27)23-20(26)18-4-3-11-24(18)31(28,29)16-8-5-14(22)6-9-16/h5-10,12-13,18H,3-4,11H2,1-2H3,(H,23,26)/t18-/m1/s1. The fraction of sp³-hybridized carbons (Fsp3) is 0.333. The van der Waals surface area contributed by atoms with Crippen LogP contribution in [0.4, 0.5) is 5.69 Å². The molecule has 164 valence electrons. The number of thiazole rings is 1. The number of carbonyl (C=O) groups excluding carboxylic acids is 1. The molecule has 0 spiro atoms. The maximum absolute atomic E-state index is 13.1. The van der Waals surface area contributed by atoms with Crippen molar-refractivity contribution in [3.8, 4) is 0 Å². The Morgan fingerprint density at radius 2 is 1.90 bits per heavy atom. The predicted molar refractivity (Wildman–Crippen MR) is 123 cm³/mol. The summed E-state index contributed by atoms with van der Waals surface area (Å²) >= 11 is 6.99. The highest BCUT2D eigenvalue weighted by atomic mass is 35.5. The highest BCUT2D eigenvalue weighted by Crippen LogP contribution is 2.29. The lowest BCUT2D eigenvalue weighted by atomic mass is 10.2. The fourth-order valence-electron chi connectivity index (χ4n) is 3.86. The van der Waals surface area contributed by atoms with E-state index >= 15 is 0 Å². The minimum absolute atomic E-state index is 0.0341. The van der Waals surface area contributed by atoms with Crippen molar-refractivity contribution in [1.82, 2.24) is 8.87 Å². The third-order valence-electron chi connectivity index (χ3n) is 5.32. The second kappa shape index (κ2) is 8.38. The molecular weight excluding hydrogens is 458 g/mol. The maximum atomic E-state index is 13.1. The first-order valence-electron chi connectivity index (χ1n) is 9.92. The van der Waals surface area contributed by atoms with Gasteiger partial charge in [0.15, 0.2) is 0 Å². The molecule has 1 saturated heterocycles. The number of amides is 1. The Morgan fingerprint density at radius 3 is 2.58 bits per heavy atom. The van der Waals surface area contributed by atoms with Crippen molar-refractivity contribution in [1.29, 1.82) is 0 Å². The van der Waals surface area contributed by atoms with Crippen molar-refractivity contribution in [2.45, 2.75) is 43.7 Å². The predicted octanol–water partition coefficient (Wildman–Crippen LogP) is 4.09. The molecule has 2 heterocycles. The number of hydrogen-bond acceptors (Lipinski definition) is 5. The second-order valence-corrected chi connectivity index (χ2v) is 11.1. The van der Waals surface area contributed by atoms with Gasteiger partial charge in [-0.3, -0.25) is 14.2 Å². The number of halogens is 1. The van der Waals surface area contributed by atoms with E-state index in [9.17, 15) is 18.0 Å². The number of rotatable bonds is 5. The average molecular weight is 480 g/mol. The zero-order valence-electron chi connectivity index (χ0n) is 17.0. The summed E-state index contributed by atoms with van der Waals surface area (Å²) in [6.07, 6.45) is 1.04. The average Bonchev–Trinajstić information content (AvgIpc) is 3.32. The summed E-state index contributed by atoms with van der Waals surface area (Å²) in [7, 11) is -3.82. The van der Waals surface area contributed by atoms with Crippen molar-refractivity contribution in [2.24, 2.45) is 0 Å².